The number of rotatable bonds is 5. The normalized spacial score (nSPS) is 16.9. The molecular formula is C29H32N4O2. The van der Waals surface area contributed by atoms with Crippen LogP contribution in [0.4, 0.5) is 17.1 Å². The summed E-state index contributed by atoms with van der Waals surface area (Å²) in [4.78, 5) is 17.6. The van der Waals surface area contributed by atoms with E-state index in [1.807, 2.05) is 46.4 Å². The van der Waals surface area contributed by atoms with Gasteiger partial charge < -0.3 is 24.8 Å². The van der Waals surface area contributed by atoms with Gasteiger partial charge in [-0.15, -0.1) is 0 Å². The number of cyclic esters (lactones) is 1. The van der Waals surface area contributed by atoms with Crippen molar-refractivity contribution in [3.63, 3.8) is 0 Å². The first-order valence-corrected chi connectivity index (χ1v) is 11.9. The summed E-state index contributed by atoms with van der Waals surface area (Å²) in [6.07, 6.45) is 0. The zero-order chi connectivity index (χ0) is 25.1. The molecule has 3 aromatic carbocycles. The third-order valence-electron chi connectivity index (χ3n) is 7.15. The van der Waals surface area contributed by atoms with E-state index in [4.69, 9.17) is 10.5 Å². The van der Waals surface area contributed by atoms with Crippen LogP contribution in [0.25, 0.3) is 10.9 Å². The van der Waals surface area contributed by atoms with Gasteiger partial charge in [0.2, 0.25) is 0 Å². The van der Waals surface area contributed by atoms with Crippen LogP contribution in [0.15, 0.2) is 60.7 Å². The number of esters is 1. The fraction of sp³-hybridized carbons (Fsp3) is 0.276. The molecule has 35 heavy (non-hydrogen) atoms. The number of nitrogens with zero attached hydrogens (tertiary/aromatic N) is 3. The van der Waals surface area contributed by atoms with Crippen LogP contribution in [0.1, 0.15) is 39.7 Å². The minimum absolute atomic E-state index is 0.360. The maximum absolute atomic E-state index is 13.5. The van der Waals surface area contributed by atoms with E-state index in [1.165, 1.54) is 0 Å². The molecular weight excluding hydrogens is 436 g/mol. The molecule has 0 saturated heterocycles. The van der Waals surface area contributed by atoms with Gasteiger partial charge in [0.25, 0.3) is 0 Å². The van der Waals surface area contributed by atoms with Crippen LogP contribution in [0.2, 0.25) is 0 Å². The number of hydrogen-bond acceptors (Lipinski definition) is 5. The summed E-state index contributed by atoms with van der Waals surface area (Å²) < 4.78 is 8.83. The molecule has 1 unspecified atom stereocenters. The number of anilines is 3. The van der Waals surface area contributed by atoms with E-state index < -0.39 is 5.60 Å². The lowest BCUT2D eigenvalue weighted by Crippen LogP contribution is -2.32. The first-order chi connectivity index (χ1) is 16.7. The van der Waals surface area contributed by atoms with Gasteiger partial charge in [-0.25, -0.2) is 4.79 Å². The van der Waals surface area contributed by atoms with Crippen molar-refractivity contribution in [1.29, 1.82) is 0 Å². The zero-order valence-corrected chi connectivity index (χ0v) is 21.2. The molecule has 180 valence electrons. The van der Waals surface area contributed by atoms with Crippen molar-refractivity contribution in [1.82, 2.24) is 4.57 Å². The highest BCUT2D eigenvalue weighted by Crippen LogP contribution is 2.53. The summed E-state index contributed by atoms with van der Waals surface area (Å²) in [5, 5.41) is 1.07. The second-order valence-electron chi connectivity index (χ2n) is 9.59. The van der Waals surface area contributed by atoms with E-state index in [0.717, 1.165) is 51.2 Å². The molecule has 5 rings (SSSR count). The quantitative estimate of drug-likeness (QED) is 0.324. The molecule has 1 aliphatic rings. The number of hydrogen-bond donors (Lipinski definition) is 1. The van der Waals surface area contributed by atoms with Crippen molar-refractivity contribution < 1.29 is 9.53 Å². The van der Waals surface area contributed by atoms with Crippen molar-refractivity contribution >= 4 is 33.9 Å². The molecule has 6 heteroatoms. The Labute approximate surface area is 206 Å². The molecule has 1 aliphatic heterocycles. The average Bonchev–Trinajstić information content (AvgIpc) is 3.28. The van der Waals surface area contributed by atoms with Gasteiger partial charge in [0.05, 0.1) is 5.56 Å². The second kappa shape index (κ2) is 8.08. The molecule has 0 bridgehead atoms. The van der Waals surface area contributed by atoms with Crippen LogP contribution >= 0.6 is 0 Å². The predicted molar refractivity (Wildman–Crippen MR) is 144 cm³/mol. The Morgan fingerprint density at radius 2 is 1.66 bits per heavy atom. The third-order valence-corrected chi connectivity index (χ3v) is 7.15. The Morgan fingerprint density at radius 1 is 0.943 bits per heavy atom. The number of fused-ring (bicyclic) bond motifs is 2. The summed E-state index contributed by atoms with van der Waals surface area (Å²) in [5.41, 5.74) is 13.0. The van der Waals surface area contributed by atoms with Gasteiger partial charge >= 0.3 is 5.97 Å². The van der Waals surface area contributed by atoms with Crippen molar-refractivity contribution in [2.75, 3.05) is 43.7 Å². The Balaban J connectivity index is 1.97. The van der Waals surface area contributed by atoms with Crippen LogP contribution in [-0.4, -0.2) is 38.7 Å². The van der Waals surface area contributed by atoms with Crippen LogP contribution in [0.5, 0.6) is 0 Å². The minimum Gasteiger partial charge on any atom is -0.440 e. The number of para-hydroxylation sites is 1. The van der Waals surface area contributed by atoms with Crippen molar-refractivity contribution in [2.24, 2.45) is 0 Å². The highest BCUT2D eigenvalue weighted by molar-refractivity contribution is 6.00. The van der Waals surface area contributed by atoms with Crippen LogP contribution < -0.4 is 15.5 Å². The molecule has 0 spiro atoms. The third kappa shape index (κ3) is 3.20. The molecule has 0 amide bonds. The van der Waals surface area contributed by atoms with Crippen molar-refractivity contribution in [3.8, 4) is 0 Å². The molecule has 2 N–H and O–H groups in total. The van der Waals surface area contributed by atoms with Crippen molar-refractivity contribution in [3.05, 3.63) is 88.6 Å². The van der Waals surface area contributed by atoms with E-state index in [-0.39, 0.29) is 5.97 Å². The second-order valence-corrected chi connectivity index (χ2v) is 9.59. The summed E-state index contributed by atoms with van der Waals surface area (Å²) in [6.45, 7) is 5.07. The number of aryl methyl sites for hydroxylation is 1. The van der Waals surface area contributed by atoms with Gasteiger partial charge in [-0.05, 0) is 44.2 Å². The molecule has 1 atom stereocenters. The lowest BCUT2D eigenvalue weighted by atomic mass is 9.77. The fourth-order valence-electron chi connectivity index (χ4n) is 5.56. The topological polar surface area (TPSA) is 63.7 Å². The SMILES string of the molecule is CCn1c(C)c(C2(c3ccc(N(C)C)cc3N(C)C)OC(=O)c3cc(N)ccc32)c2ccccc21. The van der Waals surface area contributed by atoms with E-state index in [1.54, 1.807) is 6.07 Å². The number of aromatic nitrogens is 1. The molecule has 1 aromatic heterocycles. The number of carbonyl (C=O) groups is 1. The van der Waals surface area contributed by atoms with Gasteiger partial charge in [0.15, 0.2) is 5.60 Å². The Morgan fingerprint density at radius 3 is 2.34 bits per heavy atom. The Bertz CT molecular complexity index is 1470. The molecule has 0 radical (unpaired) electrons. The summed E-state index contributed by atoms with van der Waals surface area (Å²) in [6, 6.07) is 20.2. The van der Waals surface area contributed by atoms with Crippen LogP contribution in [-0.2, 0) is 16.9 Å². The maximum atomic E-state index is 13.5. The van der Waals surface area contributed by atoms with E-state index in [2.05, 4.69) is 64.6 Å². The van der Waals surface area contributed by atoms with Gasteiger partial charge in [-0.1, -0.05) is 30.3 Å². The first kappa shape index (κ1) is 22.8. The summed E-state index contributed by atoms with van der Waals surface area (Å²) in [7, 11) is 8.09. The van der Waals surface area contributed by atoms with E-state index in [0.29, 0.717) is 11.3 Å². The lowest BCUT2D eigenvalue weighted by molar-refractivity contribution is 0.0255. The maximum Gasteiger partial charge on any atom is 0.340 e. The van der Waals surface area contributed by atoms with Gasteiger partial charge in [0.1, 0.15) is 0 Å². The standard InChI is InChI=1S/C29H32N4O2/c1-7-33-18(2)27(21-10-8-9-11-25(21)33)29(23-14-12-19(30)16-22(23)28(34)35-29)24-15-13-20(31(3)4)17-26(24)32(5)6/h8-17H,7,30H2,1-6H3. The molecule has 6 nitrogen and oxygen atoms in total. The first-order valence-electron chi connectivity index (χ1n) is 11.9. The number of carbonyl (C=O) groups excluding carboxylic acids is 1. The zero-order valence-electron chi connectivity index (χ0n) is 21.2. The van der Waals surface area contributed by atoms with Gasteiger partial charge in [-0.2, -0.15) is 0 Å². The fourth-order valence-corrected chi connectivity index (χ4v) is 5.56. The lowest BCUT2D eigenvalue weighted by Gasteiger charge is -2.34. The van der Waals surface area contributed by atoms with Gasteiger partial charge in [0, 0.05) is 85.1 Å². The van der Waals surface area contributed by atoms with Crippen molar-refractivity contribution in [2.45, 2.75) is 26.0 Å². The number of nitrogen functional groups attached to an aromatic ring is 1. The summed E-state index contributed by atoms with van der Waals surface area (Å²) in [5.74, 6) is -0.360. The highest BCUT2D eigenvalue weighted by atomic mass is 16.6. The average molecular weight is 469 g/mol. The smallest absolute Gasteiger partial charge is 0.340 e. The van der Waals surface area contributed by atoms with E-state index in [9.17, 15) is 4.79 Å². The van der Waals surface area contributed by atoms with E-state index >= 15 is 0 Å². The molecule has 4 aromatic rings. The number of nitrogens with two attached hydrogens (primary N) is 1. The van der Waals surface area contributed by atoms with Crippen LogP contribution in [0.3, 0.4) is 0 Å². The number of ether oxygens (including phenoxy) is 1. The van der Waals surface area contributed by atoms with Gasteiger partial charge in [-0.3, -0.25) is 0 Å². The summed E-state index contributed by atoms with van der Waals surface area (Å²) >= 11 is 0. The Kier molecular flexibility index (Phi) is 5.28. The predicted octanol–water partition coefficient (Wildman–Crippen LogP) is 5.15. The molecule has 0 fully saturated rings. The minimum atomic E-state index is -1.12. The Hall–Kier alpha value is -3.93. The van der Waals surface area contributed by atoms with Crippen LogP contribution in [0, 0.1) is 6.92 Å². The molecule has 2 heterocycles. The monoisotopic (exact) mass is 468 g/mol. The molecule has 0 aliphatic carbocycles. The highest BCUT2D eigenvalue weighted by Gasteiger charge is 2.52. The number of benzene rings is 3. The molecule has 0 saturated carbocycles. The largest absolute Gasteiger partial charge is 0.440 e.